The van der Waals surface area contributed by atoms with Crippen LogP contribution < -0.4 is 0 Å². The fourth-order valence-corrected chi connectivity index (χ4v) is 1.05. The summed E-state index contributed by atoms with van der Waals surface area (Å²) in [7, 11) is 0. The van der Waals surface area contributed by atoms with Gasteiger partial charge in [-0.05, 0) is 18.2 Å². The van der Waals surface area contributed by atoms with E-state index in [1.54, 1.807) is 0 Å². The second-order valence-corrected chi connectivity index (χ2v) is 2.74. The molecule has 1 aromatic carbocycles. The first-order valence-corrected chi connectivity index (χ1v) is 3.66. The summed E-state index contributed by atoms with van der Waals surface area (Å²) in [6, 6.07) is 3.60. The van der Waals surface area contributed by atoms with Crippen LogP contribution in [0.15, 0.2) is 18.2 Å². The lowest BCUT2D eigenvalue weighted by molar-refractivity contribution is 0.0651. The first-order chi connectivity index (χ1) is 6.02. The Hall–Kier alpha value is -1.26. The molecule has 1 aromatic rings. The van der Waals surface area contributed by atoms with Gasteiger partial charge in [0.1, 0.15) is 0 Å². The smallest absolute Gasteiger partial charge is 0.336 e. The van der Waals surface area contributed by atoms with E-state index < -0.39 is 11.9 Å². The van der Waals surface area contributed by atoms with Crippen molar-refractivity contribution in [3.8, 4) is 0 Å². The molecule has 0 atom stereocenters. The fourth-order valence-electron chi connectivity index (χ4n) is 0.880. The molecule has 4 nitrogen and oxygen atoms in total. The molecule has 14 heavy (non-hydrogen) atoms. The second-order valence-electron chi connectivity index (χ2n) is 2.30. The van der Waals surface area contributed by atoms with Crippen molar-refractivity contribution in [1.29, 1.82) is 0 Å². The van der Waals surface area contributed by atoms with Gasteiger partial charge >= 0.3 is 11.9 Å². The molecule has 0 amide bonds. The molecule has 0 aliphatic heterocycles. The lowest BCUT2D eigenvalue weighted by Gasteiger charge is -2.00. The number of hydrogen-bond acceptors (Lipinski definition) is 2. The maximum absolute atomic E-state index is 10.6. The van der Waals surface area contributed by atoms with Crippen LogP contribution in [-0.4, -0.2) is 22.2 Å². The summed E-state index contributed by atoms with van der Waals surface area (Å²) < 4.78 is 0. The van der Waals surface area contributed by atoms with Gasteiger partial charge in [-0.1, -0.05) is 11.6 Å². The van der Waals surface area contributed by atoms with Crippen molar-refractivity contribution in [3.63, 3.8) is 0 Å². The number of halogens is 2. The van der Waals surface area contributed by atoms with E-state index in [-0.39, 0.29) is 28.6 Å². The number of benzene rings is 1. The number of carboxylic acids is 2. The number of aromatic carboxylic acids is 2. The second kappa shape index (κ2) is 4.83. The van der Waals surface area contributed by atoms with E-state index in [4.69, 9.17) is 21.8 Å². The van der Waals surface area contributed by atoms with Crippen LogP contribution in [0.1, 0.15) is 20.7 Å². The lowest BCUT2D eigenvalue weighted by atomic mass is 10.1. The Morgan fingerprint density at radius 1 is 1.07 bits per heavy atom. The maximum atomic E-state index is 10.6. The third-order valence-corrected chi connectivity index (χ3v) is 1.68. The molecule has 2 N–H and O–H groups in total. The highest BCUT2D eigenvalue weighted by Gasteiger charge is 2.15. The summed E-state index contributed by atoms with van der Waals surface area (Å²) in [6.07, 6.45) is 0. The van der Waals surface area contributed by atoms with Crippen LogP contribution in [0.25, 0.3) is 0 Å². The average Bonchev–Trinajstić information content (AvgIpc) is 2.03. The number of carboxylic acid groups (broad SMARTS) is 2. The molecule has 0 saturated carbocycles. The minimum Gasteiger partial charge on any atom is -0.478 e. The molecule has 1 rings (SSSR count). The fraction of sp³-hybridized carbons (Fsp3) is 0. The Labute approximate surface area is 90.5 Å². The maximum Gasteiger partial charge on any atom is 0.336 e. The molecule has 0 aliphatic carbocycles. The van der Waals surface area contributed by atoms with Gasteiger partial charge in [-0.15, -0.1) is 12.4 Å². The highest BCUT2D eigenvalue weighted by atomic mass is 35.5. The Kier molecular flexibility index (Phi) is 4.40. The molecular formula is C8H6Cl2O4. The topological polar surface area (TPSA) is 74.6 Å². The molecule has 0 unspecified atom stereocenters. The minimum atomic E-state index is -1.31. The number of carbonyl (C=O) groups is 2. The van der Waals surface area contributed by atoms with E-state index >= 15 is 0 Å². The first kappa shape index (κ1) is 12.7. The molecule has 0 aromatic heterocycles. The molecule has 0 aliphatic rings. The quantitative estimate of drug-likeness (QED) is 0.826. The monoisotopic (exact) mass is 236 g/mol. The van der Waals surface area contributed by atoms with Crippen LogP contribution >= 0.6 is 24.0 Å². The summed E-state index contributed by atoms with van der Waals surface area (Å²) in [4.78, 5) is 21.1. The van der Waals surface area contributed by atoms with Crippen LogP contribution in [0.3, 0.4) is 0 Å². The Morgan fingerprint density at radius 3 is 2.00 bits per heavy atom. The van der Waals surface area contributed by atoms with E-state index in [2.05, 4.69) is 0 Å². The summed E-state index contributed by atoms with van der Waals surface area (Å²) >= 11 is 5.51. The van der Waals surface area contributed by atoms with Gasteiger partial charge in [-0.3, -0.25) is 0 Å². The summed E-state index contributed by atoms with van der Waals surface area (Å²) in [5.41, 5.74) is -0.572. The van der Waals surface area contributed by atoms with Crippen molar-refractivity contribution in [3.05, 3.63) is 34.3 Å². The van der Waals surface area contributed by atoms with E-state index in [1.807, 2.05) is 0 Å². The van der Waals surface area contributed by atoms with Crippen LogP contribution in [0.2, 0.25) is 5.02 Å². The molecule has 0 saturated heterocycles. The zero-order chi connectivity index (χ0) is 10.0. The predicted octanol–water partition coefficient (Wildman–Crippen LogP) is 2.16. The van der Waals surface area contributed by atoms with Crippen molar-refractivity contribution < 1.29 is 19.8 Å². The predicted molar refractivity (Wildman–Crippen MR) is 52.6 cm³/mol. The normalized spacial score (nSPS) is 8.93. The van der Waals surface area contributed by atoms with Gasteiger partial charge in [0.05, 0.1) is 11.1 Å². The van der Waals surface area contributed by atoms with Crippen molar-refractivity contribution in [2.24, 2.45) is 0 Å². The van der Waals surface area contributed by atoms with Crippen LogP contribution in [0.4, 0.5) is 0 Å². The third-order valence-electron chi connectivity index (χ3n) is 1.44. The Bertz CT molecular complexity index is 376. The summed E-state index contributed by atoms with van der Waals surface area (Å²) in [5.74, 6) is -2.59. The van der Waals surface area contributed by atoms with E-state index in [0.717, 1.165) is 12.1 Å². The van der Waals surface area contributed by atoms with Gasteiger partial charge < -0.3 is 10.2 Å². The minimum absolute atomic E-state index is 0. The average molecular weight is 237 g/mol. The van der Waals surface area contributed by atoms with Gasteiger partial charge in [0.15, 0.2) is 0 Å². The first-order valence-electron chi connectivity index (χ1n) is 3.28. The molecule has 0 radical (unpaired) electrons. The SMILES string of the molecule is Cl.O=C(O)c1ccc(Cl)cc1C(=O)O. The van der Waals surface area contributed by atoms with Gasteiger partial charge in [0.2, 0.25) is 0 Å². The standard InChI is InChI=1S/C8H5ClO4.ClH/c9-4-1-2-5(7(10)11)6(3-4)8(12)13;/h1-3H,(H,10,11)(H,12,13);1H. The molecule has 76 valence electrons. The number of hydrogen-bond donors (Lipinski definition) is 2. The van der Waals surface area contributed by atoms with Crippen LogP contribution in [-0.2, 0) is 0 Å². The lowest BCUT2D eigenvalue weighted by Crippen LogP contribution is -2.07. The van der Waals surface area contributed by atoms with E-state index in [9.17, 15) is 9.59 Å². The van der Waals surface area contributed by atoms with Crippen LogP contribution in [0.5, 0.6) is 0 Å². The molecule has 0 fully saturated rings. The molecule has 0 spiro atoms. The Morgan fingerprint density at radius 2 is 1.57 bits per heavy atom. The van der Waals surface area contributed by atoms with Gasteiger partial charge in [0.25, 0.3) is 0 Å². The van der Waals surface area contributed by atoms with Gasteiger partial charge in [-0.2, -0.15) is 0 Å². The highest BCUT2D eigenvalue weighted by Crippen LogP contribution is 2.16. The van der Waals surface area contributed by atoms with Crippen molar-refractivity contribution in [2.45, 2.75) is 0 Å². The zero-order valence-corrected chi connectivity index (χ0v) is 8.30. The van der Waals surface area contributed by atoms with E-state index in [1.165, 1.54) is 6.07 Å². The Balaban J connectivity index is 0.00000169. The number of rotatable bonds is 2. The third kappa shape index (κ3) is 2.61. The zero-order valence-electron chi connectivity index (χ0n) is 6.73. The van der Waals surface area contributed by atoms with Crippen molar-refractivity contribution >= 4 is 35.9 Å². The summed E-state index contributed by atoms with van der Waals surface area (Å²) in [5, 5.41) is 17.4. The molecule has 0 bridgehead atoms. The van der Waals surface area contributed by atoms with Gasteiger partial charge in [0, 0.05) is 5.02 Å². The van der Waals surface area contributed by atoms with Crippen molar-refractivity contribution in [1.82, 2.24) is 0 Å². The van der Waals surface area contributed by atoms with Crippen LogP contribution in [0, 0.1) is 0 Å². The highest BCUT2D eigenvalue weighted by molar-refractivity contribution is 6.31. The van der Waals surface area contributed by atoms with E-state index in [0.29, 0.717) is 0 Å². The largest absolute Gasteiger partial charge is 0.478 e. The molecule has 6 heteroatoms. The molecular weight excluding hydrogens is 231 g/mol. The summed E-state index contributed by atoms with van der Waals surface area (Å²) in [6.45, 7) is 0. The van der Waals surface area contributed by atoms with Crippen molar-refractivity contribution in [2.75, 3.05) is 0 Å². The molecule has 0 heterocycles. The van der Waals surface area contributed by atoms with Gasteiger partial charge in [-0.25, -0.2) is 9.59 Å².